The van der Waals surface area contributed by atoms with Crippen molar-refractivity contribution in [1.29, 1.82) is 0 Å². The van der Waals surface area contributed by atoms with Crippen LogP contribution in [0, 0.1) is 5.92 Å². The zero-order valence-electron chi connectivity index (χ0n) is 17.5. The van der Waals surface area contributed by atoms with Gasteiger partial charge in [0, 0.05) is 29.4 Å². The van der Waals surface area contributed by atoms with Gasteiger partial charge in [0.05, 0.1) is 0 Å². The van der Waals surface area contributed by atoms with Crippen molar-refractivity contribution in [2.45, 2.75) is 57.0 Å². The van der Waals surface area contributed by atoms with E-state index in [9.17, 15) is 14.4 Å². The maximum atomic E-state index is 13.4. The third-order valence-electron chi connectivity index (χ3n) is 6.91. The molecule has 160 valence electrons. The van der Waals surface area contributed by atoms with Gasteiger partial charge in [0.15, 0.2) is 0 Å². The Morgan fingerprint density at radius 1 is 1.00 bits per heavy atom. The number of nitrogens with zero attached hydrogens (tertiary/aromatic N) is 1. The summed E-state index contributed by atoms with van der Waals surface area (Å²) in [4.78, 5) is 40.2. The summed E-state index contributed by atoms with van der Waals surface area (Å²) in [5.74, 6) is 0.227. The monoisotopic (exact) mass is 417 g/mol. The molecule has 3 aliphatic rings. The van der Waals surface area contributed by atoms with Crippen LogP contribution in [-0.4, -0.2) is 34.7 Å². The summed E-state index contributed by atoms with van der Waals surface area (Å²) in [6, 6.07) is 14.5. The fourth-order valence-corrected chi connectivity index (χ4v) is 5.40. The molecule has 1 saturated heterocycles. The molecule has 2 aliphatic heterocycles. The van der Waals surface area contributed by atoms with Gasteiger partial charge in [-0.1, -0.05) is 31.0 Å². The van der Waals surface area contributed by atoms with E-state index in [1.807, 2.05) is 53.4 Å². The zero-order valence-corrected chi connectivity index (χ0v) is 17.5. The lowest BCUT2D eigenvalue weighted by Gasteiger charge is -2.33. The highest BCUT2D eigenvalue weighted by atomic mass is 16.2. The number of aryl methyl sites for hydroxylation is 1. The maximum Gasteiger partial charge on any atom is 0.254 e. The second-order valence-electron chi connectivity index (χ2n) is 8.85. The van der Waals surface area contributed by atoms with Crippen LogP contribution in [0.2, 0.25) is 0 Å². The summed E-state index contributed by atoms with van der Waals surface area (Å²) in [7, 11) is 0. The standard InChI is InChI=1S/C25H27N3O3/c29-23-13-10-17-14-19(11-12-20(17)27-23)26-24(30)22-15-18-8-4-5-9-21(18)28(22)25(31)16-6-2-1-3-7-16/h1-3,6-7,11-12,14,18,21-22H,4-5,8-10,13,15H2,(H,26,30)(H,27,29). The van der Waals surface area contributed by atoms with Crippen molar-refractivity contribution in [3.05, 3.63) is 59.7 Å². The molecule has 5 rings (SSSR count). The van der Waals surface area contributed by atoms with Gasteiger partial charge in [-0.2, -0.15) is 0 Å². The molecule has 2 aromatic rings. The van der Waals surface area contributed by atoms with Crippen LogP contribution in [0.4, 0.5) is 11.4 Å². The number of carbonyl (C=O) groups is 3. The Morgan fingerprint density at radius 2 is 1.81 bits per heavy atom. The van der Waals surface area contributed by atoms with Gasteiger partial charge in [0.25, 0.3) is 5.91 Å². The topological polar surface area (TPSA) is 78.5 Å². The molecule has 6 nitrogen and oxygen atoms in total. The highest BCUT2D eigenvalue weighted by Gasteiger charge is 2.47. The number of benzene rings is 2. The van der Waals surface area contributed by atoms with Crippen LogP contribution in [0.15, 0.2) is 48.5 Å². The first-order chi connectivity index (χ1) is 15.1. The summed E-state index contributed by atoms with van der Waals surface area (Å²) < 4.78 is 0. The van der Waals surface area contributed by atoms with Crippen molar-refractivity contribution in [3.8, 4) is 0 Å². The third-order valence-corrected chi connectivity index (χ3v) is 6.91. The van der Waals surface area contributed by atoms with E-state index in [0.717, 1.165) is 36.9 Å². The molecule has 3 unspecified atom stereocenters. The Labute approximate surface area is 182 Å². The Balaban J connectivity index is 1.38. The minimum Gasteiger partial charge on any atom is -0.326 e. The summed E-state index contributed by atoms with van der Waals surface area (Å²) in [6.45, 7) is 0. The quantitative estimate of drug-likeness (QED) is 0.793. The maximum absolute atomic E-state index is 13.4. The van der Waals surface area contributed by atoms with E-state index in [-0.39, 0.29) is 23.8 Å². The minimum atomic E-state index is -0.462. The molecule has 0 spiro atoms. The van der Waals surface area contributed by atoms with Gasteiger partial charge >= 0.3 is 0 Å². The summed E-state index contributed by atoms with van der Waals surface area (Å²) in [5, 5.41) is 5.91. The molecular weight excluding hydrogens is 390 g/mol. The van der Waals surface area contributed by atoms with Gasteiger partial charge in [-0.05, 0) is 67.5 Å². The van der Waals surface area contributed by atoms with Crippen LogP contribution in [0.5, 0.6) is 0 Å². The Kier molecular flexibility index (Phi) is 5.22. The Morgan fingerprint density at radius 3 is 2.65 bits per heavy atom. The molecule has 0 bridgehead atoms. The van der Waals surface area contributed by atoms with E-state index in [1.165, 1.54) is 6.42 Å². The van der Waals surface area contributed by atoms with E-state index in [2.05, 4.69) is 10.6 Å². The summed E-state index contributed by atoms with van der Waals surface area (Å²) >= 11 is 0. The number of hydrogen-bond donors (Lipinski definition) is 2. The predicted octanol–water partition coefficient (Wildman–Crippen LogP) is 3.98. The first-order valence-electron chi connectivity index (χ1n) is 11.2. The molecule has 2 N–H and O–H groups in total. The highest BCUT2D eigenvalue weighted by molar-refractivity contribution is 6.02. The first kappa shape index (κ1) is 19.8. The average Bonchev–Trinajstić information content (AvgIpc) is 3.19. The lowest BCUT2D eigenvalue weighted by atomic mass is 9.84. The fourth-order valence-electron chi connectivity index (χ4n) is 5.40. The van der Waals surface area contributed by atoms with Gasteiger partial charge in [-0.15, -0.1) is 0 Å². The lowest BCUT2D eigenvalue weighted by molar-refractivity contribution is -0.120. The van der Waals surface area contributed by atoms with Crippen molar-refractivity contribution in [3.63, 3.8) is 0 Å². The molecule has 31 heavy (non-hydrogen) atoms. The Hall–Kier alpha value is -3.15. The van der Waals surface area contributed by atoms with E-state index < -0.39 is 6.04 Å². The van der Waals surface area contributed by atoms with Crippen molar-refractivity contribution in [2.24, 2.45) is 5.92 Å². The van der Waals surface area contributed by atoms with Gasteiger partial charge in [-0.3, -0.25) is 14.4 Å². The predicted molar refractivity (Wildman–Crippen MR) is 119 cm³/mol. The molecule has 2 aromatic carbocycles. The molecule has 2 heterocycles. The van der Waals surface area contributed by atoms with Crippen LogP contribution in [0.3, 0.4) is 0 Å². The van der Waals surface area contributed by atoms with Gasteiger partial charge < -0.3 is 15.5 Å². The smallest absolute Gasteiger partial charge is 0.254 e. The fraction of sp³-hybridized carbons (Fsp3) is 0.400. The van der Waals surface area contributed by atoms with Crippen LogP contribution >= 0.6 is 0 Å². The van der Waals surface area contributed by atoms with Crippen LogP contribution in [0.25, 0.3) is 0 Å². The van der Waals surface area contributed by atoms with Crippen molar-refractivity contribution >= 4 is 29.1 Å². The molecule has 3 amide bonds. The van der Waals surface area contributed by atoms with E-state index >= 15 is 0 Å². The second kappa shape index (κ2) is 8.17. The molecule has 0 aromatic heterocycles. The number of nitrogens with one attached hydrogen (secondary N) is 2. The van der Waals surface area contributed by atoms with Gasteiger partial charge in [0.2, 0.25) is 11.8 Å². The van der Waals surface area contributed by atoms with Crippen LogP contribution < -0.4 is 10.6 Å². The normalized spacial score (nSPS) is 24.7. The second-order valence-corrected chi connectivity index (χ2v) is 8.85. The van der Waals surface area contributed by atoms with Crippen molar-refractivity contribution < 1.29 is 14.4 Å². The summed E-state index contributed by atoms with van der Waals surface area (Å²) in [5.41, 5.74) is 3.18. The number of hydrogen-bond acceptors (Lipinski definition) is 3. The number of amides is 3. The van der Waals surface area contributed by atoms with Crippen LogP contribution in [-0.2, 0) is 16.0 Å². The third kappa shape index (κ3) is 3.82. The zero-order chi connectivity index (χ0) is 21.4. The number of fused-ring (bicyclic) bond motifs is 2. The van der Waals surface area contributed by atoms with Gasteiger partial charge in [-0.25, -0.2) is 0 Å². The highest BCUT2D eigenvalue weighted by Crippen LogP contribution is 2.41. The number of rotatable bonds is 3. The summed E-state index contributed by atoms with van der Waals surface area (Å²) in [6.07, 6.45) is 6.14. The first-order valence-corrected chi connectivity index (χ1v) is 11.2. The van der Waals surface area contributed by atoms with Crippen molar-refractivity contribution in [1.82, 2.24) is 4.90 Å². The van der Waals surface area contributed by atoms with E-state index in [1.54, 1.807) is 0 Å². The molecular formula is C25H27N3O3. The molecule has 2 fully saturated rings. The van der Waals surface area contributed by atoms with Gasteiger partial charge in [0.1, 0.15) is 6.04 Å². The number of anilines is 2. The minimum absolute atomic E-state index is 0.0212. The number of likely N-dealkylation sites (tertiary alicyclic amines) is 1. The average molecular weight is 418 g/mol. The largest absolute Gasteiger partial charge is 0.326 e. The van der Waals surface area contributed by atoms with Crippen LogP contribution in [0.1, 0.15) is 54.4 Å². The molecule has 1 saturated carbocycles. The van der Waals surface area contributed by atoms with E-state index in [4.69, 9.17) is 0 Å². The van der Waals surface area contributed by atoms with E-state index in [0.29, 0.717) is 30.0 Å². The molecule has 3 atom stereocenters. The Bertz CT molecular complexity index is 1020. The SMILES string of the molecule is O=C1CCc2cc(NC(=O)C3CC4CCCCC4N3C(=O)c3ccccc3)ccc2N1. The number of carbonyl (C=O) groups excluding carboxylic acids is 3. The molecule has 1 aliphatic carbocycles. The molecule has 0 radical (unpaired) electrons. The lowest BCUT2D eigenvalue weighted by Crippen LogP contribution is -2.47. The van der Waals surface area contributed by atoms with Crippen molar-refractivity contribution in [2.75, 3.05) is 10.6 Å². The molecule has 6 heteroatoms.